The first kappa shape index (κ1) is 17.9. The predicted molar refractivity (Wildman–Crippen MR) is 91.0 cm³/mol. The topological polar surface area (TPSA) is 98.0 Å². The molecule has 0 spiro atoms. The summed E-state index contributed by atoms with van der Waals surface area (Å²) >= 11 is 5.94. The molecule has 2 bridgehead atoms. The SMILES string of the molecule is CC(C)(O)[C@H](F)CNC(=O)c1cnc(Cl)cc1NC12CC(C#N)(C1)C2. The summed E-state index contributed by atoms with van der Waals surface area (Å²) in [5, 5.41) is 24.7. The number of nitrogens with one attached hydrogen (secondary N) is 2. The maximum absolute atomic E-state index is 13.8. The number of aromatic nitrogens is 1. The van der Waals surface area contributed by atoms with E-state index in [1.165, 1.54) is 20.0 Å². The molecule has 1 atom stereocenters. The number of halogens is 2. The van der Waals surface area contributed by atoms with Gasteiger partial charge >= 0.3 is 0 Å². The summed E-state index contributed by atoms with van der Waals surface area (Å²) in [5.41, 5.74) is -1.17. The van der Waals surface area contributed by atoms with Crippen LogP contribution in [-0.4, -0.2) is 39.9 Å². The van der Waals surface area contributed by atoms with Gasteiger partial charge in [-0.05, 0) is 39.2 Å². The van der Waals surface area contributed by atoms with Crippen LogP contribution in [0.25, 0.3) is 0 Å². The van der Waals surface area contributed by atoms with Crippen molar-refractivity contribution in [1.29, 1.82) is 5.26 Å². The number of pyridine rings is 1. The molecule has 0 aliphatic heterocycles. The Bertz CT molecular complexity index is 736. The molecule has 3 N–H and O–H groups in total. The Morgan fingerprint density at radius 1 is 1.56 bits per heavy atom. The summed E-state index contributed by atoms with van der Waals surface area (Å²) in [5.74, 6) is -0.500. The number of hydrogen-bond acceptors (Lipinski definition) is 5. The molecule has 3 saturated carbocycles. The van der Waals surface area contributed by atoms with Crippen molar-refractivity contribution in [3.63, 3.8) is 0 Å². The Kier molecular flexibility index (Phi) is 4.17. The Balaban J connectivity index is 1.70. The second-order valence-corrected chi connectivity index (χ2v) is 8.10. The summed E-state index contributed by atoms with van der Waals surface area (Å²) in [6, 6.07) is 3.88. The lowest BCUT2D eigenvalue weighted by atomic mass is 9.40. The Hall–Kier alpha value is -1.91. The van der Waals surface area contributed by atoms with Gasteiger partial charge in [-0.2, -0.15) is 5.26 Å². The van der Waals surface area contributed by atoms with Crippen molar-refractivity contribution in [3.8, 4) is 6.07 Å². The molecule has 0 unspecified atom stereocenters. The van der Waals surface area contributed by atoms with E-state index in [0.717, 1.165) is 19.3 Å². The van der Waals surface area contributed by atoms with Crippen molar-refractivity contribution in [2.24, 2.45) is 5.41 Å². The van der Waals surface area contributed by atoms with Crippen LogP contribution in [0.5, 0.6) is 0 Å². The second kappa shape index (κ2) is 5.82. The summed E-state index contributed by atoms with van der Waals surface area (Å²) in [7, 11) is 0. The molecular formula is C17H20ClFN4O2. The number of nitrogens with zero attached hydrogens (tertiary/aromatic N) is 2. The van der Waals surface area contributed by atoms with Crippen LogP contribution >= 0.6 is 11.6 Å². The number of alkyl halides is 1. The van der Waals surface area contributed by atoms with Gasteiger partial charge in [-0.15, -0.1) is 0 Å². The van der Waals surface area contributed by atoms with E-state index in [0.29, 0.717) is 5.69 Å². The Morgan fingerprint density at radius 2 is 2.20 bits per heavy atom. The normalized spacial score (nSPS) is 28.2. The number of amides is 1. The Labute approximate surface area is 150 Å². The standard InChI is InChI=1S/C17H20ClFN4O2/c1-15(2,25)12(19)5-22-14(24)10-4-21-13(18)3-11(10)23-17-6-16(7-17,8-17)9-20/h3-4,12,25H,5-8H2,1-2H3,(H,21,23)(H,22,24)/t12-,16?,17?/m1/s1. The predicted octanol–water partition coefficient (Wildman–Crippen LogP) is 2.43. The number of nitriles is 1. The molecule has 1 aromatic heterocycles. The molecule has 0 radical (unpaired) electrons. The van der Waals surface area contributed by atoms with Gasteiger partial charge in [0.05, 0.1) is 34.9 Å². The molecule has 3 fully saturated rings. The highest BCUT2D eigenvalue weighted by Crippen LogP contribution is 2.68. The first-order chi connectivity index (χ1) is 11.6. The minimum atomic E-state index is -1.60. The van der Waals surface area contributed by atoms with E-state index in [2.05, 4.69) is 21.7 Å². The van der Waals surface area contributed by atoms with Gasteiger partial charge in [0.25, 0.3) is 5.91 Å². The van der Waals surface area contributed by atoms with Crippen LogP contribution in [0.15, 0.2) is 12.3 Å². The van der Waals surface area contributed by atoms with Gasteiger partial charge in [0.2, 0.25) is 0 Å². The molecule has 3 aliphatic rings. The zero-order chi connectivity index (χ0) is 18.5. The van der Waals surface area contributed by atoms with Gasteiger partial charge in [0, 0.05) is 11.7 Å². The van der Waals surface area contributed by atoms with Gasteiger partial charge in [-0.25, -0.2) is 9.37 Å². The van der Waals surface area contributed by atoms with Crippen molar-refractivity contribution in [3.05, 3.63) is 23.0 Å². The van der Waals surface area contributed by atoms with Crippen LogP contribution in [0.2, 0.25) is 5.15 Å². The largest absolute Gasteiger partial charge is 0.387 e. The number of hydrogen-bond donors (Lipinski definition) is 3. The zero-order valence-electron chi connectivity index (χ0n) is 14.1. The lowest BCUT2D eigenvalue weighted by Crippen LogP contribution is -2.70. The number of aliphatic hydroxyl groups is 1. The molecule has 6 nitrogen and oxygen atoms in total. The third-order valence-electron chi connectivity index (χ3n) is 4.99. The van der Waals surface area contributed by atoms with Crippen molar-refractivity contribution >= 4 is 23.2 Å². The maximum atomic E-state index is 13.8. The van der Waals surface area contributed by atoms with E-state index in [1.807, 2.05) is 0 Å². The lowest BCUT2D eigenvalue weighted by molar-refractivity contribution is -0.0660. The van der Waals surface area contributed by atoms with Crippen molar-refractivity contribution in [1.82, 2.24) is 10.3 Å². The van der Waals surface area contributed by atoms with E-state index in [9.17, 15) is 14.3 Å². The van der Waals surface area contributed by atoms with Gasteiger partial charge in [-0.1, -0.05) is 11.6 Å². The fourth-order valence-corrected chi connectivity index (χ4v) is 3.72. The average Bonchev–Trinajstić information content (AvgIpc) is 2.45. The van der Waals surface area contributed by atoms with Gasteiger partial charge < -0.3 is 15.7 Å². The van der Waals surface area contributed by atoms with Crippen LogP contribution < -0.4 is 10.6 Å². The zero-order valence-corrected chi connectivity index (χ0v) is 14.8. The molecule has 0 saturated heterocycles. The third-order valence-corrected chi connectivity index (χ3v) is 5.20. The molecule has 0 aromatic carbocycles. The molecular weight excluding hydrogens is 347 g/mol. The summed E-state index contributed by atoms with van der Waals surface area (Å²) in [4.78, 5) is 16.3. The van der Waals surface area contributed by atoms with E-state index in [4.69, 9.17) is 16.9 Å². The van der Waals surface area contributed by atoms with Crippen LogP contribution in [0.3, 0.4) is 0 Å². The smallest absolute Gasteiger partial charge is 0.255 e. The molecule has 25 heavy (non-hydrogen) atoms. The molecule has 4 rings (SSSR count). The van der Waals surface area contributed by atoms with E-state index in [1.54, 1.807) is 6.07 Å². The molecule has 134 valence electrons. The summed E-state index contributed by atoms with van der Waals surface area (Å²) in [6.07, 6.45) is 1.96. The first-order valence-corrected chi connectivity index (χ1v) is 8.46. The monoisotopic (exact) mass is 366 g/mol. The van der Waals surface area contributed by atoms with Gasteiger partial charge in [0.1, 0.15) is 11.3 Å². The molecule has 1 aromatic rings. The molecule has 3 aliphatic carbocycles. The fraction of sp³-hybridized carbons (Fsp3) is 0.588. The van der Waals surface area contributed by atoms with Crippen LogP contribution in [-0.2, 0) is 0 Å². The van der Waals surface area contributed by atoms with Crippen LogP contribution in [0, 0.1) is 16.7 Å². The summed E-state index contributed by atoms with van der Waals surface area (Å²) < 4.78 is 13.8. The number of rotatable bonds is 6. The second-order valence-electron chi connectivity index (χ2n) is 7.71. The molecule has 8 heteroatoms. The summed E-state index contributed by atoms with van der Waals surface area (Å²) in [6.45, 7) is 2.37. The highest BCUT2D eigenvalue weighted by molar-refractivity contribution is 6.29. The van der Waals surface area contributed by atoms with Crippen molar-refractivity contribution in [2.45, 2.75) is 50.4 Å². The third kappa shape index (κ3) is 3.29. The van der Waals surface area contributed by atoms with Crippen LogP contribution in [0.4, 0.5) is 10.1 Å². The minimum Gasteiger partial charge on any atom is -0.387 e. The van der Waals surface area contributed by atoms with Gasteiger partial charge in [0.15, 0.2) is 0 Å². The fourth-order valence-electron chi connectivity index (χ4n) is 3.57. The van der Waals surface area contributed by atoms with Gasteiger partial charge in [-0.3, -0.25) is 4.79 Å². The van der Waals surface area contributed by atoms with E-state index >= 15 is 0 Å². The first-order valence-electron chi connectivity index (χ1n) is 8.08. The maximum Gasteiger partial charge on any atom is 0.255 e. The number of carbonyl (C=O) groups excluding carboxylic acids is 1. The van der Waals surface area contributed by atoms with E-state index < -0.39 is 17.7 Å². The minimum absolute atomic E-state index is 0.175. The quantitative estimate of drug-likeness (QED) is 0.672. The Morgan fingerprint density at radius 3 is 2.76 bits per heavy atom. The van der Waals surface area contributed by atoms with Crippen LogP contribution in [0.1, 0.15) is 43.5 Å². The molecule has 1 heterocycles. The number of anilines is 1. The number of carbonyl (C=O) groups is 1. The van der Waals surface area contributed by atoms with E-state index in [-0.39, 0.29) is 28.2 Å². The molecule has 1 amide bonds. The highest BCUT2D eigenvalue weighted by Gasteiger charge is 2.68. The van der Waals surface area contributed by atoms with Crippen molar-refractivity contribution < 1.29 is 14.3 Å². The van der Waals surface area contributed by atoms with Crippen molar-refractivity contribution in [2.75, 3.05) is 11.9 Å². The highest BCUT2D eigenvalue weighted by atomic mass is 35.5. The average molecular weight is 367 g/mol. The lowest BCUT2D eigenvalue weighted by Gasteiger charge is -2.67.